The van der Waals surface area contributed by atoms with Crippen molar-refractivity contribution in [2.24, 2.45) is 0 Å². The smallest absolute Gasteiger partial charge is 0.165 e. The van der Waals surface area contributed by atoms with Gasteiger partial charge in [-0.05, 0) is 37.1 Å². The molecule has 4 heteroatoms. The van der Waals surface area contributed by atoms with Gasteiger partial charge >= 0.3 is 0 Å². The normalized spacial score (nSPS) is 10.9. The van der Waals surface area contributed by atoms with E-state index in [9.17, 15) is 4.79 Å². The Labute approximate surface area is 182 Å². The van der Waals surface area contributed by atoms with Gasteiger partial charge in [-0.25, -0.2) is 9.97 Å². The molecule has 0 fully saturated rings. The van der Waals surface area contributed by atoms with E-state index >= 15 is 0 Å². The maximum absolute atomic E-state index is 12.3. The zero-order valence-corrected chi connectivity index (χ0v) is 18.9. The van der Waals surface area contributed by atoms with Crippen molar-refractivity contribution in [2.45, 2.75) is 90.9 Å². The Bertz CT molecular complexity index is 711. The van der Waals surface area contributed by atoms with E-state index in [0.29, 0.717) is 17.8 Å². The third-order valence-electron chi connectivity index (χ3n) is 5.36. The summed E-state index contributed by atoms with van der Waals surface area (Å²) in [5.74, 6) is 1.65. The fourth-order valence-electron chi connectivity index (χ4n) is 3.43. The van der Waals surface area contributed by atoms with Crippen LogP contribution in [0.2, 0.25) is 0 Å². The van der Waals surface area contributed by atoms with Crippen molar-refractivity contribution >= 4 is 5.78 Å². The molecule has 0 atom stereocenters. The molecule has 0 amide bonds. The minimum absolute atomic E-state index is 0.139. The number of hydrogen-bond acceptors (Lipinski definition) is 4. The molecule has 1 aromatic carbocycles. The average molecular weight is 411 g/mol. The molecule has 0 unspecified atom stereocenters. The topological polar surface area (TPSA) is 52.1 Å². The van der Waals surface area contributed by atoms with Gasteiger partial charge in [-0.15, -0.1) is 0 Å². The van der Waals surface area contributed by atoms with E-state index < -0.39 is 0 Å². The van der Waals surface area contributed by atoms with Gasteiger partial charge in [-0.3, -0.25) is 4.79 Å². The lowest BCUT2D eigenvalue weighted by Crippen LogP contribution is -2.02. The first-order chi connectivity index (χ1) is 14.7. The summed E-state index contributed by atoms with van der Waals surface area (Å²) in [5, 5.41) is 0. The average Bonchev–Trinajstić information content (AvgIpc) is 2.79. The molecule has 0 aliphatic carbocycles. The highest BCUT2D eigenvalue weighted by Crippen LogP contribution is 2.20. The van der Waals surface area contributed by atoms with Crippen molar-refractivity contribution in [1.82, 2.24) is 9.97 Å². The Morgan fingerprint density at radius 1 is 0.767 bits per heavy atom. The minimum Gasteiger partial charge on any atom is -0.494 e. The molecule has 0 aliphatic rings. The summed E-state index contributed by atoms with van der Waals surface area (Å²) in [6, 6.07) is 7.86. The molecule has 30 heavy (non-hydrogen) atoms. The number of aromatic nitrogens is 2. The number of rotatable bonds is 16. The molecule has 2 rings (SSSR count). The monoisotopic (exact) mass is 410 g/mol. The van der Waals surface area contributed by atoms with E-state index in [1.165, 1.54) is 51.4 Å². The number of benzene rings is 1. The fraction of sp³-hybridized carbons (Fsp3) is 0.577. The summed E-state index contributed by atoms with van der Waals surface area (Å²) in [6.45, 7) is 5.20. The number of Topliss-reactive ketones (excluding diaryl/α,β-unsaturated/α-hetero) is 1. The molecule has 0 saturated heterocycles. The summed E-state index contributed by atoms with van der Waals surface area (Å²) < 4.78 is 5.81. The number of nitrogens with zero attached hydrogens (tertiary/aromatic N) is 2. The van der Waals surface area contributed by atoms with Crippen LogP contribution in [0.25, 0.3) is 11.4 Å². The highest BCUT2D eigenvalue weighted by Gasteiger charge is 2.08. The fourth-order valence-corrected chi connectivity index (χ4v) is 3.43. The maximum atomic E-state index is 12.3. The predicted molar refractivity (Wildman–Crippen MR) is 124 cm³/mol. The first-order valence-electron chi connectivity index (χ1n) is 11.8. The van der Waals surface area contributed by atoms with Crippen molar-refractivity contribution < 1.29 is 9.53 Å². The number of carbonyl (C=O) groups excluding carboxylic acids is 1. The molecule has 1 heterocycles. The number of ether oxygens (including phenoxy) is 1. The van der Waals surface area contributed by atoms with Crippen LogP contribution in [-0.2, 0) is 0 Å². The van der Waals surface area contributed by atoms with Crippen LogP contribution in [0.15, 0.2) is 36.7 Å². The van der Waals surface area contributed by atoms with E-state index in [2.05, 4.69) is 23.8 Å². The Kier molecular flexibility index (Phi) is 11.8. The zero-order valence-electron chi connectivity index (χ0n) is 18.9. The molecule has 0 N–H and O–H groups in total. The van der Waals surface area contributed by atoms with Gasteiger partial charge in [0.15, 0.2) is 11.6 Å². The Morgan fingerprint density at radius 3 is 1.97 bits per heavy atom. The standard InChI is InChI=1S/C26H38N2O2/c1-3-5-7-9-10-12-14-25(29)23-20-27-26(28-21-23)22-15-17-24(18-16-22)30-19-13-11-8-6-4-2/h15-18,20-21H,3-14,19H2,1-2H3. The number of unbranched alkanes of at least 4 members (excludes halogenated alkanes) is 9. The third-order valence-corrected chi connectivity index (χ3v) is 5.36. The van der Waals surface area contributed by atoms with Crippen molar-refractivity contribution in [2.75, 3.05) is 6.61 Å². The van der Waals surface area contributed by atoms with Crippen molar-refractivity contribution in [3.63, 3.8) is 0 Å². The molecule has 0 spiro atoms. The molecule has 2 aromatic rings. The molecule has 4 nitrogen and oxygen atoms in total. The van der Waals surface area contributed by atoms with Crippen molar-refractivity contribution in [3.8, 4) is 17.1 Å². The minimum atomic E-state index is 0.139. The van der Waals surface area contributed by atoms with E-state index in [0.717, 1.165) is 37.2 Å². The second kappa shape index (κ2) is 14.7. The maximum Gasteiger partial charge on any atom is 0.165 e. The van der Waals surface area contributed by atoms with Gasteiger partial charge < -0.3 is 4.74 Å². The summed E-state index contributed by atoms with van der Waals surface area (Å²) in [6.07, 6.45) is 17.2. The molecular weight excluding hydrogens is 372 g/mol. The highest BCUT2D eigenvalue weighted by molar-refractivity contribution is 5.95. The predicted octanol–water partition coefficient (Wildman–Crippen LogP) is 7.43. The SMILES string of the molecule is CCCCCCCCC(=O)c1cnc(-c2ccc(OCCCCCCC)cc2)nc1. The van der Waals surface area contributed by atoms with Gasteiger partial charge in [0.05, 0.1) is 12.2 Å². The molecular formula is C26H38N2O2. The summed E-state index contributed by atoms with van der Waals surface area (Å²) >= 11 is 0. The van der Waals surface area contributed by atoms with E-state index in [1.54, 1.807) is 12.4 Å². The molecule has 0 aliphatic heterocycles. The van der Waals surface area contributed by atoms with Crippen LogP contribution in [0.5, 0.6) is 5.75 Å². The Morgan fingerprint density at radius 2 is 1.33 bits per heavy atom. The van der Waals surface area contributed by atoms with E-state index in [-0.39, 0.29) is 5.78 Å². The summed E-state index contributed by atoms with van der Waals surface area (Å²) in [5.41, 5.74) is 1.54. The van der Waals surface area contributed by atoms with Crippen LogP contribution >= 0.6 is 0 Å². The van der Waals surface area contributed by atoms with Crippen LogP contribution < -0.4 is 4.74 Å². The molecule has 1 aromatic heterocycles. The highest BCUT2D eigenvalue weighted by atomic mass is 16.5. The third kappa shape index (κ3) is 9.06. The quantitative estimate of drug-likeness (QED) is 0.213. The van der Waals surface area contributed by atoms with Crippen LogP contribution in [-0.4, -0.2) is 22.4 Å². The number of ketones is 1. The lowest BCUT2D eigenvalue weighted by Gasteiger charge is -2.07. The lowest BCUT2D eigenvalue weighted by molar-refractivity contribution is 0.0978. The van der Waals surface area contributed by atoms with Crippen LogP contribution in [0.1, 0.15) is 101 Å². The van der Waals surface area contributed by atoms with Crippen molar-refractivity contribution in [1.29, 1.82) is 0 Å². The van der Waals surface area contributed by atoms with Gasteiger partial charge in [0.1, 0.15) is 5.75 Å². The molecule has 0 radical (unpaired) electrons. The first kappa shape index (κ1) is 24.0. The van der Waals surface area contributed by atoms with E-state index in [1.807, 2.05) is 24.3 Å². The van der Waals surface area contributed by atoms with Gasteiger partial charge in [-0.2, -0.15) is 0 Å². The Balaban J connectivity index is 1.75. The van der Waals surface area contributed by atoms with Crippen molar-refractivity contribution in [3.05, 3.63) is 42.2 Å². The van der Waals surface area contributed by atoms with Crippen LogP contribution in [0.4, 0.5) is 0 Å². The molecule has 164 valence electrons. The molecule has 0 saturated carbocycles. The first-order valence-corrected chi connectivity index (χ1v) is 11.8. The number of hydrogen-bond donors (Lipinski definition) is 0. The van der Waals surface area contributed by atoms with Crippen LogP contribution in [0.3, 0.4) is 0 Å². The number of carbonyl (C=O) groups is 1. The van der Waals surface area contributed by atoms with Crippen LogP contribution in [0, 0.1) is 0 Å². The van der Waals surface area contributed by atoms with Gasteiger partial charge in [0.25, 0.3) is 0 Å². The Hall–Kier alpha value is -2.23. The lowest BCUT2D eigenvalue weighted by atomic mass is 10.1. The zero-order chi connectivity index (χ0) is 21.4. The largest absolute Gasteiger partial charge is 0.494 e. The molecule has 0 bridgehead atoms. The van der Waals surface area contributed by atoms with Gasteiger partial charge in [0.2, 0.25) is 0 Å². The van der Waals surface area contributed by atoms with E-state index in [4.69, 9.17) is 4.74 Å². The second-order valence-electron chi connectivity index (χ2n) is 8.02. The van der Waals surface area contributed by atoms with Gasteiger partial charge in [0, 0.05) is 24.4 Å². The second-order valence-corrected chi connectivity index (χ2v) is 8.02. The summed E-state index contributed by atoms with van der Waals surface area (Å²) in [7, 11) is 0. The van der Waals surface area contributed by atoms with Gasteiger partial charge in [-0.1, -0.05) is 71.6 Å². The summed E-state index contributed by atoms with van der Waals surface area (Å²) in [4.78, 5) is 21.1.